The molecule has 0 unspecified atom stereocenters. The summed E-state index contributed by atoms with van der Waals surface area (Å²) in [6.07, 6.45) is -2.78. The number of rotatable bonds is 38. The Morgan fingerprint density at radius 3 is 1.31 bits per heavy atom. The molecule has 0 bridgehead atoms. The number of aliphatic hydroxyl groups is 3. The van der Waals surface area contributed by atoms with E-state index in [9.17, 15) is 98.1 Å². The normalized spacial score (nSPS) is 16.0. The highest BCUT2D eigenvalue weighted by Gasteiger charge is 2.41. The maximum atomic E-state index is 14.6. The topological polar surface area (TPSA) is 527 Å². The molecule has 1 aliphatic heterocycles. The molecule has 1 fully saturated rings. The predicted octanol–water partition coefficient (Wildman–Crippen LogP) is -4.30. The van der Waals surface area contributed by atoms with Crippen molar-refractivity contribution in [1.29, 1.82) is 0 Å². The van der Waals surface area contributed by atoms with Crippen LogP contribution in [-0.4, -0.2) is 210 Å². The highest BCUT2D eigenvalue weighted by Crippen LogP contribution is 2.20. The van der Waals surface area contributed by atoms with Crippen molar-refractivity contribution in [3.8, 4) is 11.5 Å². The van der Waals surface area contributed by atoms with Gasteiger partial charge in [0.15, 0.2) is 0 Å². The molecule has 0 aliphatic carbocycles. The zero-order valence-corrected chi connectivity index (χ0v) is 52.5. The van der Waals surface area contributed by atoms with E-state index in [1.54, 1.807) is 44.2 Å². The minimum atomic E-state index is -1.86. The first kappa shape index (κ1) is 76.7. The van der Waals surface area contributed by atoms with Gasteiger partial charge in [0.1, 0.15) is 71.9 Å². The van der Waals surface area contributed by atoms with Gasteiger partial charge in [-0.3, -0.25) is 57.5 Å². The lowest BCUT2D eigenvalue weighted by molar-refractivity contribution is -0.143. The van der Waals surface area contributed by atoms with Crippen LogP contribution in [0.2, 0.25) is 0 Å². The summed E-state index contributed by atoms with van der Waals surface area (Å²) in [7, 11) is 0. The number of hydrogen-bond acceptors (Lipinski definition) is 19. The van der Waals surface area contributed by atoms with E-state index in [0.29, 0.717) is 16.7 Å². The minimum absolute atomic E-state index is 0.00731. The molecule has 3 aromatic carbocycles. The summed E-state index contributed by atoms with van der Waals surface area (Å²) in [6, 6.07) is 1.31. The number of carboxylic acid groups (broad SMARTS) is 2. The van der Waals surface area contributed by atoms with Crippen molar-refractivity contribution in [2.75, 3.05) is 26.4 Å². The molecule has 0 radical (unpaired) electrons. The molecule has 1 heterocycles. The molecule has 32 nitrogen and oxygen atoms in total. The van der Waals surface area contributed by atoms with Gasteiger partial charge in [-0.25, -0.2) is 4.79 Å². The van der Waals surface area contributed by atoms with Gasteiger partial charge in [0.2, 0.25) is 65.0 Å². The molecule has 514 valence electrons. The second-order valence-electron chi connectivity index (χ2n) is 23.5. The summed E-state index contributed by atoms with van der Waals surface area (Å²) >= 11 is 0. The average Bonchev–Trinajstić information content (AvgIpc) is 1.58. The third kappa shape index (κ3) is 25.0. The largest absolute Gasteiger partial charge is 0.508 e. The number of benzene rings is 3. The number of hydrogen-bond donors (Lipinski definition) is 18. The fourth-order valence-corrected chi connectivity index (χ4v) is 10.00. The SMILES string of the molecule is CC(C)C[C@H](NC(=O)[C@H](CC(N)=O)NC(=O)[C@H](CCC(=O)O)NC(=O)[C@H](Cc1ccccc1)NC(=O)[C@H](Cc1ccc(O)cc1)NC(=O)[C@H](CO)NC(=O)[C@@H]1CCCN1C(=O)[C@H](CO)NC(=O)[C@H](CO)NC(=O)[C@H](Cc1ccc(O)cc1)NC(=O)[C@@H](N)CC(C)C)C(=O)O. The highest BCUT2D eigenvalue weighted by atomic mass is 16.4. The summed E-state index contributed by atoms with van der Waals surface area (Å²) in [4.78, 5) is 176. The maximum Gasteiger partial charge on any atom is 0.326 e. The molecule has 11 atom stereocenters. The predicted molar refractivity (Wildman–Crippen MR) is 332 cm³/mol. The molecule has 20 N–H and O–H groups in total. The van der Waals surface area contributed by atoms with E-state index in [4.69, 9.17) is 11.5 Å². The number of primary amides is 1. The van der Waals surface area contributed by atoms with Crippen molar-refractivity contribution in [2.24, 2.45) is 23.3 Å². The number of nitrogens with zero attached hydrogens (tertiary/aromatic N) is 1. The molecule has 4 rings (SSSR count). The minimum Gasteiger partial charge on any atom is -0.508 e. The van der Waals surface area contributed by atoms with Gasteiger partial charge in [-0.05, 0) is 84.9 Å². The molecule has 1 saturated heterocycles. The lowest BCUT2D eigenvalue weighted by Gasteiger charge is -2.30. The van der Waals surface area contributed by atoms with Crippen molar-refractivity contribution in [2.45, 2.75) is 158 Å². The van der Waals surface area contributed by atoms with Crippen LogP contribution in [0.25, 0.3) is 0 Å². The zero-order chi connectivity index (χ0) is 69.9. The second-order valence-corrected chi connectivity index (χ2v) is 23.5. The van der Waals surface area contributed by atoms with Crippen molar-refractivity contribution in [3.05, 3.63) is 95.6 Å². The number of aliphatic hydroxyl groups excluding tert-OH is 3. The number of carboxylic acids is 2. The molecule has 11 amide bonds. The van der Waals surface area contributed by atoms with Crippen LogP contribution >= 0.6 is 0 Å². The molecule has 0 spiro atoms. The van der Waals surface area contributed by atoms with Gasteiger partial charge in [0.25, 0.3) is 0 Å². The van der Waals surface area contributed by atoms with E-state index in [-0.39, 0.29) is 74.8 Å². The molecule has 0 saturated carbocycles. The molecule has 32 heteroatoms. The van der Waals surface area contributed by atoms with Crippen LogP contribution in [0.1, 0.15) is 89.3 Å². The number of phenolic OH excluding ortho intramolecular Hbond substituents is 2. The number of aromatic hydroxyl groups is 2. The number of amides is 11. The zero-order valence-electron chi connectivity index (χ0n) is 52.5. The Balaban J connectivity index is 1.55. The fourth-order valence-electron chi connectivity index (χ4n) is 10.00. The van der Waals surface area contributed by atoms with Crippen molar-refractivity contribution in [3.63, 3.8) is 0 Å². The number of carbonyl (C=O) groups is 13. The number of carbonyl (C=O) groups excluding carboxylic acids is 11. The lowest BCUT2D eigenvalue weighted by Crippen LogP contribution is -2.62. The van der Waals surface area contributed by atoms with E-state index < -0.39 is 182 Å². The maximum absolute atomic E-state index is 14.6. The quantitative estimate of drug-likeness (QED) is 0.0258. The van der Waals surface area contributed by atoms with Gasteiger partial charge in [-0.1, -0.05) is 82.3 Å². The Morgan fingerprint density at radius 1 is 0.479 bits per heavy atom. The van der Waals surface area contributed by atoms with E-state index in [0.717, 1.165) is 4.90 Å². The van der Waals surface area contributed by atoms with E-state index in [2.05, 4.69) is 47.9 Å². The Hall–Kier alpha value is -9.79. The first-order chi connectivity index (χ1) is 44.4. The van der Waals surface area contributed by atoms with Gasteiger partial charge < -0.3 is 100.0 Å². The molecule has 0 aromatic heterocycles. The van der Waals surface area contributed by atoms with Crippen LogP contribution in [0.15, 0.2) is 78.9 Å². The third-order valence-corrected chi connectivity index (χ3v) is 14.9. The van der Waals surface area contributed by atoms with Crippen molar-refractivity contribution >= 4 is 76.9 Å². The van der Waals surface area contributed by atoms with E-state index in [1.807, 2.05) is 13.8 Å². The summed E-state index contributed by atoms with van der Waals surface area (Å²) < 4.78 is 0. The summed E-state index contributed by atoms with van der Waals surface area (Å²) in [5.74, 6) is -15.1. The second kappa shape index (κ2) is 37.7. The number of nitrogens with one attached hydrogen (secondary N) is 9. The summed E-state index contributed by atoms with van der Waals surface area (Å²) in [6.45, 7) is 3.68. The van der Waals surface area contributed by atoms with E-state index >= 15 is 0 Å². The Kier molecular flexibility index (Phi) is 30.7. The molecular formula is C62H86N12O20. The molecule has 1 aliphatic rings. The lowest BCUT2D eigenvalue weighted by atomic mass is 10.0. The first-order valence-corrected chi connectivity index (χ1v) is 30.4. The van der Waals surface area contributed by atoms with Gasteiger partial charge in [0, 0.05) is 32.2 Å². The number of aliphatic carboxylic acids is 2. The van der Waals surface area contributed by atoms with Gasteiger partial charge >= 0.3 is 11.9 Å². The third-order valence-electron chi connectivity index (χ3n) is 14.9. The standard InChI is InChI=1S/C62H86N12O20/c1-32(2)23-39(63)52(83)66-41(26-35-12-16-37(78)17-13-35)56(87)71-46(29-75)59(90)73-48(31-77)61(92)74-22-8-11-49(74)60(91)72-47(30-76)58(89)68-43(27-36-14-18-38(79)19-15-36)55(86)67-42(25-34-9-6-5-7-10-34)54(85)65-40(20-21-51(81)82)53(84)69-44(28-50(64)80)57(88)70-45(62(93)94)24-33(3)4/h5-7,9-10,12-19,32-33,39-49,75-79H,8,11,20-31,63H2,1-4H3,(H2,64,80)(H,65,85)(H,66,83)(H,67,86)(H,68,89)(H,69,84)(H,70,88)(H,71,87)(H,72,91)(H,73,90)(H,81,82)(H,93,94)/t39-,40-,41-,42-,43-,44-,45-,46-,47-,48-,49-/m0/s1. The van der Waals surface area contributed by atoms with E-state index in [1.165, 1.54) is 48.5 Å². The van der Waals surface area contributed by atoms with Gasteiger partial charge in [0.05, 0.1) is 32.3 Å². The monoisotopic (exact) mass is 1320 g/mol. The van der Waals surface area contributed by atoms with Gasteiger partial charge in [-0.15, -0.1) is 0 Å². The van der Waals surface area contributed by atoms with Crippen molar-refractivity contribution in [1.82, 2.24) is 52.8 Å². The van der Waals surface area contributed by atoms with Crippen LogP contribution in [0.4, 0.5) is 0 Å². The number of likely N-dealkylation sites (tertiary alicyclic amines) is 1. The smallest absolute Gasteiger partial charge is 0.326 e. The van der Waals surface area contributed by atoms with Crippen LogP contribution in [-0.2, 0) is 81.6 Å². The van der Waals surface area contributed by atoms with Crippen LogP contribution < -0.4 is 59.3 Å². The number of nitrogens with two attached hydrogens (primary N) is 2. The Labute approximate surface area is 541 Å². The highest BCUT2D eigenvalue weighted by molar-refractivity contribution is 6.00. The fraction of sp³-hybridized carbons (Fsp3) is 0.500. The summed E-state index contributed by atoms with van der Waals surface area (Å²) in [5.41, 5.74) is 12.7. The van der Waals surface area contributed by atoms with Crippen molar-refractivity contribution < 1.29 is 98.1 Å². The van der Waals surface area contributed by atoms with Crippen LogP contribution in [0, 0.1) is 11.8 Å². The Bertz CT molecular complexity index is 3120. The van der Waals surface area contributed by atoms with Crippen LogP contribution in [0.5, 0.6) is 11.5 Å². The van der Waals surface area contributed by atoms with Crippen LogP contribution in [0.3, 0.4) is 0 Å². The van der Waals surface area contributed by atoms with Gasteiger partial charge in [-0.2, -0.15) is 0 Å². The number of phenols is 2. The summed E-state index contributed by atoms with van der Waals surface area (Å²) in [5, 5.41) is 91.8. The molecular weight excluding hydrogens is 1230 g/mol. The Morgan fingerprint density at radius 2 is 0.862 bits per heavy atom. The average molecular weight is 1320 g/mol. The first-order valence-electron chi connectivity index (χ1n) is 30.4. The molecule has 94 heavy (non-hydrogen) atoms. The molecule has 3 aromatic rings.